The molecule has 2 N–H and O–H groups in total. The van der Waals surface area contributed by atoms with Crippen LogP contribution in [0.25, 0.3) is 11.1 Å². The van der Waals surface area contributed by atoms with E-state index in [-0.39, 0.29) is 17.0 Å². The van der Waals surface area contributed by atoms with Gasteiger partial charge in [-0.1, -0.05) is 20.8 Å². The van der Waals surface area contributed by atoms with Crippen LogP contribution in [0.2, 0.25) is 0 Å². The molecule has 0 bridgehead atoms. The van der Waals surface area contributed by atoms with Gasteiger partial charge in [-0.15, -0.1) is 4.72 Å². The number of rotatable bonds is 4. The number of benzene rings is 1. The van der Waals surface area contributed by atoms with Crippen molar-refractivity contribution in [1.82, 2.24) is 9.71 Å². The summed E-state index contributed by atoms with van der Waals surface area (Å²) in [5.74, 6) is -0.969. The molecule has 2 rings (SSSR count). The summed E-state index contributed by atoms with van der Waals surface area (Å²) in [6.07, 6.45) is 1.65. The summed E-state index contributed by atoms with van der Waals surface area (Å²) in [4.78, 5) is 3.13. The van der Waals surface area contributed by atoms with Gasteiger partial charge in [-0.25, -0.2) is 8.78 Å². The van der Waals surface area contributed by atoms with Gasteiger partial charge in [-0.3, -0.25) is 0 Å². The van der Waals surface area contributed by atoms with E-state index in [0.29, 0.717) is 5.56 Å². The smallest absolute Gasteiger partial charge is 0.136 e. The molecule has 3 nitrogen and oxygen atoms in total. The van der Waals surface area contributed by atoms with E-state index in [1.54, 1.807) is 12.3 Å². The highest BCUT2D eigenvalue weighted by Gasteiger charge is 2.36. The van der Waals surface area contributed by atoms with Crippen molar-refractivity contribution in [3.05, 3.63) is 47.8 Å². The van der Waals surface area contributed by atoms with Crippen LogP contribution < -0.4 is 4.72 Å². The molecular formula is C19H26F2N2OS. The first-order chi connectivity index (χ1) is 11.4. The minimum absolute atomic E-state index is 0.201. The normalized spacial score (nSPS) is 15.2. The van der Waals surface area contributed by atoms with Crippen LogP contribution in [0.5, 0.6) is 0 Å². The molecule has 138 valence electrons. The lowest BCUT2D eigenvalue weighted by atomic mass is 9.85. The Balaban J connectivity index is 2.37. The number of hydrogen-bond acceptors (Lipinski definition) is 2. The van der Waals surface area contributed by atoms with Crippen LogP contribution >= 0.6 is 0 Å². The average molecular weight is 368 g/mol. The third-order valence-corrected chi connectivity index (χ3v) is 5.47. The van der Waals surface area contributed by atoms with Crippen LogP contribution in [0, 0.1) is 17.0 Å². The first kappa shape index (κ1) is 19.9. The maximum absolute atomic E-state index is 14.0. The van der Waals surface area contributed by atoms with Crippen LogP contribution in [0.15, 0.2) is 30.5 Å². The third-order valence-electron chi connectivity index (χ3n) is 3.90. The fourth-order valence-electron chi connectivity index (χ4n) is 2.44. The van der Waals surface area contributed by atoms with Gasteiger partial charge in [0, 0.05) is 34.4 Å². The van der Waals surface area contributed by atoms with Crippen molar-refractivity contribution in [1.29, 1.82) is 0 Å². The summed E-state index contributed by atoms with van der Waals surface area (Å²) in [5.41, 5.74) is 1.31. The highest BCUT2D eigenvalue weighted by Crippen LogP contribution is 2.36. The van der Waals surface area contributed by atoms with Gasteiger partial charge in [0.05, 0.1) is 6.04 Å². The Labute approximate surface area is 151 Å². The van der Waals surface area contributed by atoms with Gasteiger partial charge < -0.3 is 9.54 Å². The van der Waals surface area contributed by atoms with Gasteiger partial charge in [0.15, 0.2) is 0 Å². The van der Waals surface area contributed by atoms with Crippen molar-refractivity contribution >= 4 is 11.4 Å². The van der Waals surface area contributed by atoms with E-state index >= 15 is 0 Å². The minimum Gasteiger partial charge on any atom is -0.598 e. The van der Waals surface area contributed by atoms with Crippen molar-refractivity contribution < 1.29 is 13.3 Å². The van der Waals surface area contributed by atoms with Crippen molar-refractivity contribution in [2.45, 2.75) is 52.3 Å². The number of H-pyrrole nitrogens is 1. The third kappa shape index (κ3) is 4.84. The molecule has 0 aliphatic heterocycles. The lowest BCUT2D eigenvalue weighted by molar-refractivity contribution is 0.298. The number of halogens is 2. The summed E-state index contributed by atoms with van der Waals surface area (Å²) >= 11 is -1.26. The highest BCUT2D eigenvalue weighted by molar-refractivity contribution is 7.90. The van der Waals surface area contributed by atoms with E-state index < -0.39 is 27.7 Å². The van der Waals surface area contributed by atoms with E-state index in [1.807, 2.05) is 41.5 Å². The molecule has 0 spiro atoms. The van der Waals surface area contributed by atoms with Crippen molar-refractivity contribution in [3.63, 3.8) is 0 Å². The van der Waals surface area contributed by atoms with Crippen LogP contribution in [0.1, 0.15) is 53.3 Å². The summed E-state index contributed by atoms with van der Waals surface area (Å²) < 4.78 is 42.8. The molecule has 2 aromatic rings. The van der Waals surface area contributed by atoms with Crippen molar-refractivity contribution in [2.75, 3.05) is 0 Å². The Morgan fingerprint density at radius 1 is 1.08 bits per heavy atom. The minimum atomic E-state index is -1.26. The summed E-state index contributed by atoms with van der Waals surface area (Å²) in [5, 5.41) is 0. The number of hydrogen-bond donors (Lipinski definition) is 2. The zero-order valence-corrected chi connectivity index (χ0v) is 16.4. The molecule has 0 saturated heterocycles. The van der Waals surface area contributed by atoms with E-state index in [1.165, 1.54) is 6.07 Å². The van der Waals surface area contributed by atoms with Gasteiger partial charge in [0.1, 0.15) is 16.4 Å². The second-order valence-electron chi connectivity index (χ2n) is 8.27. The molecule has 2 atom stereocenters. The maximum Gasteiger partial charge on any atom is 0.136 e. The summed E-state index contributed by atoms with van der Waals surface area (Å²) in [7, 11) is 0. The predicted molar refractivity (Wildman–Crippen MR) is 99.4 cm³/mol. The van der Waals surface area contributed by atoms with Gasteiger partial charge in [0.2, 0.25) is 0 Å². The lowest BCUT2D eigenvalue weighted by Gasteiger charge is -2.34. The zero-order chi connectivity index (χ0) is 19.0. The fraction of sp³-hybridized carbons (Fsp3) is 0.474. The number of nitrogens with one attached hydrogen (secondary N) is 2. The van der Waals surface area contributed by atoms with Crippen LogP contribution in [-0.4, -0.2) is 14.3 Å². The molecule has 0 aliphatic rings. The Hall–Kier alpha value is -1.37. The molecule has 1 unspecified atom stereocenters. The van der Waals surface area contributed by atoms with Gasteiger partial charge in [-0.2, -0.15) is 0 Å². The summed E-state index contributed by atoms with van der Waals surface area (Å²) in [6.45, 7) is 11.8. The molecule has 1 aromatic heterocycles. The van der Waals surface area contributed by atoms with Gasteiger partial charge in [0.25, 0.3) is 0 Å². The maximum atomic E-state index is 14.0. The Bertz CT molecular complexity index is 732. The molecule has 0 radical (unpaired) electrons. The molecular weight excluding hydrogens is 342 g/mol. The van der Waals surface area contributed by atoms with Crippen LogP contribution in [0.3, 0.4) is 0 Å². The van der Waals surface area contributed by atoms with Gasteiger partial charge >= 0.3 is 0 Å². The molecule has 0 aliphatic carbocycles. The molecule has 1 heterocycles. The van der Waals surface area contributed by atoms with Crippen LogP contribution in [-0.2, 0) is 11.4 Å². The second kappa shape index (κ2) is 7.09. The Morgan fingerprint density at radius 3 is 2.28 bits per heavy atom. The second-order valence-corrected chi connectivity index (χ2v) is 10.3. The molecule has 0 fully saturated rings. The van der Waals surface area contributed by atoms with E-state index in [0.717, 1.165) is 17.8 Å². The Morgan fingerprint density at radius 2 is 1.72 bits per heavy atom. The standard InChI is InChI=1S/C19H26F2N2OS/c1-18(2,3)17(23-25(24)19(4,5)6)16-9-12(11-22-16)14-10-13(20)7-8-15(14)21/h7-11,17,22-23H,1-6H3/t17-,25?/m0/s1. The van der Waals surface area contributed by atoms with E-state index in [9.17, 15) is 13.3 Å². The summed E-state index contributed by atoms with van der Waals surface area (Å²) in [6, 6.07) is 4.93. The predicted octanol–water partition coefficient (Wildman–Crippen LogP) is 5.10. The number of aromatic amines is 1. The topological polar surface area (TPSA) is 50.9 Å². The molecule has 0 amide bonds. The molecule has 6 heteroatoms. The van der Waals surface area contributed by atoms with Crippen LogP contribution in [0.4, 0.5) is 8.78 Å². The highest BCUT2D eigenvalue weighted by atomic mass is 32.2. The number of aromatic nitrogens is 1. The first-order valence-corrected chi connectivity index (χ1v) is 9.36. The zero-order valence-electron chi connectivity index (χ0n) is 15.5. The van der Waals surface area contributed by atoms with E-state index in [2.05, 4.69) is 9.71 Å². The molecule has 25 heavy (non-hydrogen) atoms. The molecule has 1 aromatic carbocycles. The quantitative estimate of drug-likeness (QED) is 0.738. The fourth-order valence-corrected chi connectivity index (χ4v) is 3.49. The monoisotopic (exact) mass is 368 g/mol. The first-order valence-electron chi connectivity index (χ1n) is 8.21. The van der Waals surface area contributed by atoms with E-state index in [4.69, 9.17) is 0 Å². The van der Waals surface area contributed by atoms with Gasteiger partial charge in [-0.05, 0) is 50.5 Å². The lowest BCUT2D eigenvalue weighted by Crippen LogP contribution is -2.45. The SMILES string of the molecule is CC(C)(C)[C@@H](N[S+]([O-])C(C)(C)C)c1cc(-c2cc(F)ccc2F)c[nH]1. The Kier molecular flexibility index (Phi) is 5.66. The van der Waals surface area contributed by atoms with Crippen molar-refractivity contribution in [2.24, 2.45) is 5.41 Å². The average Bonchev–Trinajstić information content (AvgIpc) is 2.93. The largest absolute Gasteiger partial charge is 0.598 e. The van der Waals surface area contributed by atoms with Crippen molar-refractivity contribution in [3.8, 4) is 11.1 Å². The molecule has 0 saturated carbocycles.